The number of anilines is 2. The van der Waals surface area contributed by atoms with Crippen molar-refractivity contribution in [2.75, 3.05) is 11.1 Å². The molecule has 128 valence electrons. The molecule has 0 aliphatic carbocycles. The number of benzene rings is 2. The molecule has 4 N–H and O–H groups in total. The van der Waals surface area contributed by atoms with Gasteiger partial charge in [0, 0.05) is 33.1 Å². The molecule has 0 bridgehead atoms. The number of aromatic nitrogens is 1. The molecule has 1 amide bonds. The molecule has 0 saturated carbocycles. The Kier molecular flexibility index (Phi) is 4.08. The summed E-state index contributed by atoms with van der Waals surface area (Å²) >= 11 is 0. The van der Waals surface area contributed by atoms with Crippen LogP contribution in [0.3, 0.4) is 0 Å². The number of hydrogen-bond acceptors (Lipinski definition) is 3. The standard InChI is InChI=1S/C20H21N3O2/c1-20(2,3)18(24)13-6-9-16-14(10-13)11-17(22-16)23-19(25)12-4-7-15(21)8-5-12/h4-11,22H,21H2,1-3H3,(H,23,25). The summed E-state index contributed by atoms with van der Waals surface area (Å²) in [5.41, 5.74) is 7.86. The highest BCUT2D eigenvalue weighted by molar-refractivity contribution is 6.06. The van der Waals surface area contributed by atoms with Crippen LogP contribution in [0.4, 0.5) is 11.5 Å². The first-order valence-electron chi connectivity index (χ1n) is 8.08. The molecular formula is C20H21N3O2. The van der Waals surface area contributed by atoms with Crippen LogP contribution in [0.25, 0.3) is 10.9 Å². The van der Waals surface area contributed by atoms with Gasteiger partial charge >= 0.3 is 0 Å². The second-order valence-corrected chi connectivity index (χ2v) is 7.14. The Hall–Kier alpha value is -3.08. The minimum Gasteiger partial charge on any atom is -0.399 e. The predicted molar refractivity (Wildman–Crippen MR) is 101 cm³/mol. The lowest BCUT2D eigenvalue weighted by molar-refractivity contribution is 0.0858. The third-order valence-electron chi connectivity index (χ3n) is 3.99. The second kappa shape index (κ2) is 6.09. The molecular weight excluding hydrogens is 314 g/mol. The summed E-state index contributed by atoms with van der Waals surface area (Å²) < 4.78 is 0. The molecule has 0 aliphatic heterocycles. The molecule has 1 heterocycles. The molecule has 5 heteroatoms. The van der Waals surface area contributed by atoms with Gasteiger partial charge in [0.1, 0.15) is 5.82 Å². The zero-order chi connectivity index (χ0) is 18.2. The SMILES string of the molecule is CC(C)(C)C(=O)c1ccc2[nH]c(NC(=O)c3ccc(N)cc3)cc2c1. The molecule has 0 fully saturated rings. The summed E-state index contributed by atoms with van der Waals surface area (Å²) in [5.74, 6) is 0.442. The van der Waals surface area contributed by atoms with Crippen molar-refractivity contribution in [3.8, 4) is 0 Å². The number of ketones is 1. The summed E-state index contributed by atoms with van der Waals surface area (Å²) in [7, 11) is 0. The van der Waals surface area contributed by atoms with E-state index in [4.69, 9.17) is 5.73 Å². The van der Waals surface area contributed by atoms with Gasteiger partial charge in [-0.05, 0) is 48.5 Å². The average molecular weight is 335 g/mol. The molecule has 5 nitrogen and oxygen atoms in total. The van der Waals surface area contributed by atoms with Gasteiger partial charge < -0.3 is 16.0 Å². The van der Waals surface area contributed by atoms with Gasteiger partial charge in [0.25, 0.3) is 5.91 Å². The first kappa shape index (κ1) is 16.8. The van der Waals surface area contributed by atoms with Gasteiger partial charge in [-0.15, -0.1) is 0 Å². The van der Waals surface area contributed by atoms with Crippen molar-refractivity contribution in [3.63, 3.8) is 0 Å². The molecule has 0 aliphatic rings. The first-order chi connectivity index (χ1) is 11.7. The van der Waals surface area contributed by atoms with Crippen molar-refractivity contribution in [1.29, 1.82) is 0 Å². The Bertz CT molecular complexity index is 947. The highest BCUT2D eigenvalue weighted by atomic mass is 16.1. The van der Waals surface area contributed by atoms with Crippen molar-refractivity contribution in [2.24, 2.45) is 5.41 Å². The quantitative estimate of drug-likeness (QED) is 0.494. The molecule has 25 heavy (non-hydrogen) atoms. The lowest BCUT2D eigenvalue weighted by atomic mass is 9.86. The summed E-state index contributed by atoms with van der Waals surface area (Å²) in [4.78, 5) is 27.8. The molecule has 3 aromatic rings. The maximum atomic E-state index is 12.4. The molecule has 0 saturated heterocycles. The molecule has 3 rings (SSSR count). The Morgan fingerprint density at radius 1 is 0.960 bits per heavy atom. The van der Waals surface area contributed by atoms with E-state index in [2.05, 4.69) is 10.3 Å². The van der Waals surface area contributed by atoms with Crippen molar-refractivity contribution >= 4 is 34.1 Å². The minimum absolute atomic E-state index is 0.0862. The number of hydrogen-bond donors (Lipinski definition) is 3. The Morgan fingerprint density at radius 2 is 1.60 bits per heavy atom. The van der Waals surface area contributed by atoms with Crippen LogP contribution in [0.5, 0.6) is 0 Å². The number of nitrogen functional groups attached to an aromatic ring is 1. The number of aromatic amines is 1. The number of carbonyl (C=O) groups excluding carboxylic acids is 2. The van der Waals surface area contributed by atoms with Crippen molar-refractivity contribution in [1.82, 2.24) is 4.98 Å². The van der Waals surface area contributed by atoms with Crippen molar-refractivity contribution < 1.29 is 9.59 Å². The largest absolute Gasteiger partial charge is 0.399 e. The van der Waals surface area contributed by atoms with Crippen LogP contribution in [0.1, 0.15) is 41.5 Å². The van der Waals surface area contributed by atoms with E-state index in [1.54, 1.807) is 30.3 Å². The number of H-pyrrole nitrogens is 1. The van der Waals surface area contributed by atoms with Crippen LogP contribution in [-0.4, -0.2) is 16.7 Å². The third-order valence-corrected chi connectivity index (χ3v) is 3.99. The Labute approximate surface area is 146 Å². The lowest BCUT2D eigenvalue weighted by Crippen LogP contribution is -2.19. The number of nitrogens with one attached hydrogen (secondary N) is 2. The zero-order valence-electron chi connectivity index (χ0n) is 14.5. The van der Waals surface area contributed by atoms with Crippen LogP contribution >= 0.6 is 0 Å². The summed E-state index contributed by atoms with van der Waals surface area (Å²) in [6.07, 6.45) is 0. The fourth-order valence-electron chi connectivity index (χ4n) is 2.60. The molecule has 0 radical (unpaired) electrons. The molecule has 0 spiro atoms. The number of fused-ring (bicyclic) bond motifs is 1. The van der Waals surface area contributed by atoms with Crippen LogP contribution in [-0.2, 0) is 0 Å². The van der Waals surface area contributed by atoms with Crippen LogP contribution in [0.15, 0.2) is 48.5 Å². The average Bonchev–Trinajstić information content (AvgIpc) is 2.95. The third kappa shape index (κ3) is 3.55. The van der Waals surface area contributed by atoms with Gasteiger partial charge in [0.2, 0.25) is 0 Å². The number of Topliss-reactive ketones (excluding diaryl/α,β-unsaturated/α-hetero) is 1. The normalized spacial score (nSPS) is 11.5. The van der Waals surface area contributed by atoms with Gasteiger partial charge in [-0.25, -0.2) is 0 Å². The number of nitrogens with two attached hydrogens (primary N) is 1. The van der Waals surface area contributed by atoms with Gasteiger partial charge in [-0.3, -0.25) is 9.59 Å². The van der Waals surface area contributed by atoms with Crippen LogP contribution < -0.4 is 11.1 Å². The van der Waals surface area contributed by atoms with Crippen molar-refractivity contribution in [2.45, 2.75) is 20.8 Å². The van der Waals surface area contributed by atoms with E-state index in [0.29, 0.717) is 22.6 Å². The van der Waals surface area contributed by atoms with E-state index in [9.17, 15) is 9.59 Å². The maximum Gasteiger partial charge on any atom is 0.256 e. The first-order valence-corrected chi connectivity index (χ1v) is 8.08. The maximum absolute atomic E-state index is 12.4. The number of rotatable bonds is 3. The van der Waals surface area contributed by atoms with Gasteiger partial charge in [-0.2, -0.15) is 0 Å². The fourth-order valence-corrected chi connectivity index (χ4v) is 2.60. The molecule has 0 atom stereocenters. The molecule has 1 aromatic heterocycles. The van der Waals surface area contributed by atoms with Gasteiger partial charge in [0.05, 0.1) is 0 Å². The molecule has 0 unspecified atom stereocenters. The monoisotopic (exact) mass is 335 g/mol. The fraction of sp³-hybridized carbons (Fsp3) is 0.200. The van der Waals surface area contributed by atoms with Gasteiger partial charge in [-0.1, -0.05) is 20.8 Å². The summed E-state index contributed by atoms with van der Waals surface area (Å²) in [5, 5.41) is 3.70. The minimum atomic E-state index is -0.434. The predicted octanol–water partition coefficient (Wildman–Crippen LogP) is 4.23. The second-order valence-electron chi connectivity index (χ2n) is 7.14. The van der Waals surface area contributed by atoms with Crippen LogP contribution in [0.2, 0.25) is 0 Å². The van der Waals surface area contributed by atoms with Crippen molar-refractivity contribution in [3.05, 3.63) is 59.7 Å². The molecule has 2 aromatic carbocycles. The van der Waals surface area contributed by atoms with E-state index in [1.165, 1.54) is 0 Å². The zero-order valence-corrected chi connectivity index (χ0v) is 14.5. The van der Waals surface area contributed by atoms with E-state index >= 15 is 0 Å². The van der Waals surface area contributed by atoms with Gasteiger partial charge in [0.15, 0.2) is 5.78 Å². The van der Waals surface area contributed by atoms with E-state index in [-0.39, 0.29) is 11.7 Å². The Morgan fingerprint density at radius 3 is 2.24 bits per heavy atom. The number of carbonyl (C=O) groups is 2. The lowest BCUT2D eigenvalue weighted by Gasteiger charge is -2.16. The van der Waals surface area contributed by atoms with E-state index in [0.717, 1.165) is 10.9 Å². The topological polar surface area (TPSA) is 88.0 Å². The highest BCUT2D eigenvalue weighted by Gasteiger charge is 2.23. The van der Waals surface area contributed by atoms with E-state index in [1.807, 2.05) is 39.0 Å². The summed E-state index contributed by atoms with van der Waals surface area (Å²) in [6.45, 7) is 5.69. The number of amides is 1. The van der Waals surface area contributed by atoms with Crippen LogP contribution in [0, 0.1) is 5.41 Å². The highest BCUT2D eigenvalue weighted by Crippen LogP contribution is 2.25. The van der Waals surface area contributed by atoms with E-state index < -0.39 is 5.41 Å². The summed E-state index contributed by atoms with van der Waals surface area (Å²) in [6, 6.07) is 14.0. The smallest absolute Gasteiger partial charge is 0.256 e. The Balaban J connectivity index is 1.85.